The second-order valence-electron chi connectivity index (χ2n) is 6.81. The molecule has 0 aliphatic carbocycles. The Morgan fingerprint density at radius 1 is 1.29 bits per heavy atom. The maximum Gasteiger partial charge on any atom is 0.0662 e. The van der Waals surface area contributed by atoms with Gasteiger partial charge in [0.25, 0.3) is 0 Å². The second kappa shape index (κ2) is 7.49. The topological polar surface area (TPSA) is 42.1 Å². The maximum atomic E-state index is 4.58. The molecule has 3 rings (SSSR count). The van der Waals surface area contributed by atoms with Crippen LogP contribution in [0.4, 0.5) is 0 Å². The van der Waals surface area contributed by atoms with Gasteiger partial charge in [0, 0.05) is 39.4 Å². The van der Waals surface area contributed by atoms with Gasteiger partial charge in [-0.1, -0.05) is 13.8 Å². The van der Waals surface area contributed by atoms with Gasteiger partial charge in [-0.15, -0.1) is 0 Å². The molecule has 0 radical (unpaired) electrons. The molecule has 132 valence electrons. The summed E-state index contributed by atoms with van der Waals surface area (Å²) in [5, 5.41) is 9.06. The van der Waals surface area contributed by atoms with Crippen LogP contribution in [0.5, 0.6) is 0 Å². The Hall–Kier alpha value is -1.66. The molecule has 0 saturated heterocycles. The molecule has 6 nitrogen and oxygen atoms in total. The lowest BCUT2D eigenvalue weighted by Gasteiger charge is -2.34. The highest BCUT2D eigenvalue weighted by Gasteiger charge is 2.26. The summed E-state index contributed by atoms with van der Waals surface area (Å²) in [5.41, 5.74) is 3.69. The van der Waals surface area contributed by atoms with Gasteiger partial charge in [-0.3, -0.25) is 14.3 Å². The number of fused-ring (bicyclic) bond motifs is 1. The van der Waals surface area contributed by atoms with Gasteiger partial charge in [0.2, 0.25) is 0 Å². The zero-order valence-corrected chi connectivity index (χ0v) is 15.4. The number of hydrogen-bond acceptors (Lipinski definition) is 4. The Morgan fingerprint density at radius 2 is 2.08 bits per heavy atom. The van der Waals surface area contributed by atoms with Crippen molar-refractivity contribution in [2.75, 3.05) is 26.2 Å². The van der Waals surface area contributed by atoms with E-state index < -0.39 is 0 Å². The Labute approximate surface area is 145 Å². The summed E-state index contributed by atoms with van der Waals surface area (Å²) in [6, 6.07) is 4.81. The molecule has 2 aromatic rings. The average molecular weight is 330 g/mol. The highest BCUT2D eigenvalue weighted by molar-refractivity contribution is 5.10. The third-order valence-electron chi connectivity index (χ3n) is 5.11. The molecule has 0 N–H and O–H groups in total. The van der Waals surface area contributed by atoms with E-state index in [1.54, 1.807) is 0 Å². The van der Waals surface area contributed by atoms with E-state index in [0.29, 0.717) is 6.04 Å². The number of hydrogen-bond donors (Lipinski definition) is 0. The molecular weight excluding hydrogens is 300 g/mol. The molecule has 1 atom stereocenters. The van der Waals surface area contributed by atoms with E-state index in [2.05, 4.69) is 57.6 Å². The SMILES string of the molecule is CCN(CC)CCC1CN(Cc2cc(C)nn2C)Cc2ccnn21. The zero-order valence-electron chi connectivity index (χ0n) is 15.4. The van der Waals surface area contributed by atoms with Gasteiger partial charge in [0.1, 0.15) is 0 Å². The average Bonchev–Trinajstić information content (AvgIpc) is 3.14. The largest absolute Gasteiger partial charge is 0.304 e. The van der Waals surface area contributed by atoms with Crippen molar-refractivity contribution in [2.24, 2.45) is 7.05 Å². The first kappa shape index (κ1) is 17.2. The lowest BCUT2D eigenvalue weighted by molar-refractivity contribution is 0.147. The van der Waals surface area contributed by atoms with Crippen molar-refractivity contribution in [1.82, 2.24) is 29.4 Å². The number of rotatable bonds is 7. The van der Waals surface area contributed by atoms with Crippen LogP contribution in [0.15, 0.2) is 18.3 Å². The Balaban J connectivity index is 1.69. The zero-order chi connectivity index (χ0) is 17.1. The van der Waals surface area contributed by atoms with E-state index >= 15 is 0 Å². The van der Waals surface area contributed by atoms with Gasteiger partial charge in [-0.05, 0) is 38.6 Å². The van der Waals surface area contributed by atoms with Crippen molar-refractivity contribution in [3.05, 3.63) is 35.4 Å². The van der Waals surface area contributed by atoms with Gasteiger partial charge in [0.05, 0.1) is 23.1 Å². The van der Waals surface area contributed by atoms with Crippen molar-refractivity contribution < 1.29 is 0 Å². The summed E-state index contributed by atoms with van der Waals surface area (Å²) in [5.74, 6) is 0. The molecular formula is C18H30N6. The minimum Gasteiger partial charge on any atom is -0.304 e. The lowest BCUT2D eigenvalue weighted by atomic mass is 10.1. The van der Waals surface area contributed by atoms with E-state index in [-0.39, 0.29) is 0 Å². The summed E-state index contributed by atoms with van der Waals surface area (Å²) in [7, 11) is 2.04. The first-order chi connectivity index (χ1) is 11.6. The van der Waals surface area contributed by atoms with Gasteiger partial charge in [-0.2, -0.15) is 10.2 Å². The first-order valence-electron chi connectivity index (χ1n) is 9.07. The highest BCUT2D eigenvalue weighted by atomic mass is 15.4. The quantitative estimate of drug-likeness (QED) is 0.781. The molecule has 0 bridgehead atoms. The molecule has 6 heteroatoms. The number of nitrogens with zero attached hydrogens (tertiary/aromatic N) is 6. The molecule has 0 spiro atoms. The van der Waals surface area contributed by atoms with Crippen LogP contribution in [0.3, 0.4) is 0 Å². The van der Waals surface area contributed by atoms with Crippen molar-refractivity contribution in [3.63, 3.8) is 0 Å². The smallest absolute Gasteiger partial charge is 0.0662 e. The van der Waals surface area contributed by atoms with Crippen LogP contribution in [0.1, 0.15) is 43.4 Å². The highest BCUT2D eigenvalue weighted by Crippen LogP contribution is 2.24. The van der Waals surface area contributed by atoms with E-state index in [1.165, 1.54) is 11.4 Å². The summed E-state index contributed by atoms with van der Waals surface area (Å²) in [4.78, 5) is 5.02. The van der Waals surface area contributed by atoms with Gasteiger partial charge < -0.3 is 4.90 Å². The van der Waals surface area contributed by atoms with E-state index in [4.69, 9.17) is 0 Å². The molecule has 3 heterocycles. The van der Waals surface area contributed by atoms with Crippen molar-refractivity contribution in [2.45, 2.75) is 46.3 Å². The Kier molecular flexibility index (Phi) is 5.36. The fourth-order valence-corrected chi connectivity index (χ4v) is 3.71. The second-order valence-corrected chi connectivity index (χ2v) is 6.81. The summed E-state index contributed by atoms with van der Waals surface area (Å²) >= 11 is 0. The predicted octanol–water partition coefficient (Wildman–Crippen LogP) is 2.21. The Bertz CT molecular complexity index is 654. The van der Waals surface area contributed by atoms with Crippen LogP contribution in [-0.2, 0) is 20.1 Å². The standard InChI is InChI=1S/C18H30N6/c1-5-22(6-2)10-8-17-13-23(12-16-7-9-19-24(16)17)14-18-11-15(3)20-21(18)4/h7,9,11,17H,5-6,8,10,12-14H2,1-4H3. The van der Waals surface area contributed by atoms with Gasteiger partial charge >= 0.3 is 0 Å². The monoisotopic (exact) mass is 330 g/mol. The Morgan fingerprint density at radius 3 is 2.75 bits per heavy atom. The van der Waals surface area contributed by atoms with Crippen molar-refractivity contribution in [1.29, 1.82) is 0 Å². The number of aromatic nitrogens is 4. The fourth-order valence-electron chi connectivity index (χ4n) is 3.71. The van der Waals surface area contributed by atoms with Crippen molar-refractivity contribution >= 4 is 0 Å². The molecule has 1 aliphatic rings. The van der Waals surface area contributed by atoms with Crippen LogP contribution in [-0.4, -0.2) is 55.5 Å². The molecule has 0 saturated carbocycles. The molecule has 2 aromatic heterocycles. The normalized spacial score (nSPS) is 18.3. The minimum absolute atomic E-state index is 0.457. The fraction of sp³-hybridized carbons (Fsp3) is 0.667. The van der Waals surface area contributed by atoms with Crippen LogP contribution >= 0.6 is 0 Å². The molecule has 0 amide bonds. The third-order valence-corrected chi connectivity index (χ3v) is 5.11. The van der Waals surface area contributed by atoms with Crippen LogP contribution in [0.2, 0.25) is 0 Å². The molecule has 1 unspecified atom stereocenters. The first-order valence-corrected chi connectivity index (χ1v) is 9.07. The third kappa shape index (κ3) is 3.70. The minimum atomic E-state index is 0.457. The van der Waals surface area contributed by atoms with Crippen molar-refractivity contribution in [3.8, 4) is 0 Å². The lowest BCUT2D eigenvalue weighted by Crippen LogP contribution is -2.39. The predicted molar refractivity (Wildman–Crippen MR) is 95.7 cm³/mol. The summed E-state index contributed by atoms with van der Waals surface area (Å²) in [6.45, 7) is 12.9. The molecule has 0 fully saturated rings. The van der Waals surface area contributed by atoms with E-state index in [1.807, 2.05) is 17.9 Å². The van der Waals surface area contributed by atoms with Crippen LogP contribution in [0, 0.1) is 6.92 Å². The van der Waals surface area contributed by atoms with Crippen LogP contribution < -0.4 is 0 Å². The summed E-state index contributed by atoms with van der Waals surface area (Å²) in [6.07, 6.45) is 3.09. The number of aryl methyl sites for hydroxylation is 2. The maximum absolute atomic E-state index is 4.58. The van der Waals surface area contributed by atoms with E-state index in [0.717, 1.165) is 51.4 Å². The van der Waals surface area contributed by atoms with Crippen LogP contribution in [0.25, 0.3) is 0 Å². The molecule has 1 aliphatic heterocycles. The van der Waals surface area contributed by atoms with E-state index in [9.17, 15) is 0 Å². The van der Waals surface area contributed by atoms with Gasteiger partial charge in [-0.25, -0.2) is 0 Å². The molecule has 0 aromatic carbocycles. The summed E-state index contributed by atoms with van der Waals surface area (Å²) < 4.78 is 4.25. The molecule has 24 heavy (non-hydrogen) atoms. The van der Waals surface area contributed by atoms with Gasteiger partial charge in [0.15, 0.2) is 0 Å².